The number of carbonyl (C=O) groups is 1. The molecule has 1 heterocycles. The molecular formula is C9H14O3. The quantitative estimate of drug-likeness (QED) is 0.439. The van der Waals surface area contributed by atoms with Crippen molar-refractivity contribution in [3.63, 3.8) is 0 Å². The molecular weight excluding hydrogens is 156 g/mol. The highest BCUT2D eigenvalue weighted by Gasteiger charge is 2.55. The molecule has 3 nitrogen and oxygen atoms in total. The third-order valence-electron chi connectivity index (χ3n) is 2.81. The minimum Gasteiger partial charge on any atom is -0.462 e. The molecule has 3 heteroatoms. The van der Waals surface area contributed by atoms with Gasteiger partial charge in [0.2, 0.25) is 0 Å². The van der Waals surface area contributed by atoms with Gasteiger partial charge in [-0.1, -0.05) is 0 Å². The predicted molar refractivity (Wildman–Crippen MR) is 42.7 cm³/mol. The van der Waals surface area contributed by atoms with Crippen LogP contribution in [0.4, 0.5) is 0 Å². The maximum Gasteiger partial charge on any atom is 0.302 e. The molecule has 1 saturated carbocycles. The largest absolute Gasteiger partial charge is 0.462 e. The van der Waals surface area contributed by atoms with Crippen LogP contribution in [-0.2, 0) is 14.3 Å². The Morgan fingerprint density at radius 2 is 2.42 bits per heavy atom. The van der Waals surface area contributed by atoms with E-state index < -0.39 is 0 Å². The van der Waals surface area contributed by atoms with Gasteiger partial charge in [0.05, 0.1) is 11.7 Å². The Morgan fingerprint density at radius 3 is 3.00 bits per heavy atom. The van der Waals surface area contributed by atoms with Gasteiger partial charge in [-0.3, -0.25) is 4.79 Å². The summed E-state index contributed by atoms with van der Waals surface area (Å²) in [5.41, 5.74) is 0.122. The molecule has 0 radical (unpaired) electrons. The van der Waals surface area contributed by atoms with Crippen LogP contribution in [0, 0.1) is 0 Å². The second-order valence-electron chi connectivity index (χ2n) is 3.92. The van der Waals surface area contributed by atoms with E-state index in [0.29, 0.717) is 6.10 Å². The number of rotatable bonds is 1. The van der Waals surface area contributed by atoms with Gasteiger partial charge in [0.1, 0.15) is 6.10 Å². The summed E-state index contributed by atoms with van der Waals surface area (Å²) in [5.74, 6) is -0.177. The molecule has 68 valence electrons. The number of hydrogen-bond acceptors (Lipinski definition) is 3. The van der Waals surface area contributed by atoms with Gasteiger partial charge in [0, 0.05) is 13.3 Å². The van der Waals surface area contributed by atoms with Gasteiger partial charge < -0.3 is 9.47 Å². The van der Waals surface area contributed by atoms with Gasteiger partial charge in [0.15, 0.2) is 0 Å². The zero-order valence-corrected chi connectivity index (χ0v) is 7.50. The van der Waals surface area contributed by atoms with Crippen molar-refractivity contribution in [1.82, 2.24) is 0 Å². The van der Waals surface area contributed by atoms with Crippen molar-refractivity contribution in [1.29, 1.82) is 0 Å². The molecule has 3 atom stereocenters. The zero-order valence-electron chi connectivity index (χ0n) is 7.50. The molecule has 0 spiro atoms. The number of carbonyl (C=O) groups excluding carboxylic acids is 1. The minimum absolute atomic E-state index is 0.100. The van der Waals surface area contributed by atoms with Gasteiger partial charge in [-0.15, -0.1) is 0 Å². The predicted octanol–water partition coefficient (Wildman–Crippen LogP) is 1.26. The van der Waals surface area contributed by atoms with Crippen LogP contribution in [-0.4, -0.2) is 23.8 Å². The average molecular weight is 170 g/mol. The van der Waals surface area contributed by atoms with E-state index in [1.807, 2.05) is 0 Å². The van der Waals surface area contributed by atoms with Crippen molar-refractivity contribution in [3.8, 4) is 0 Å². The topological polar surface area (TPSA) is 38.8 Å². The lowest BCUT2D eigenvalue weighted by molar-refractivity contribution is -0.147. The van der Waals surface area contributed by atoms with Crippen LogP contribution >= 0.6 is 0 Å². The first-order valence-electron chi connectivity index (χ1n) is 4.45. The van der Waals surface area contributed by atoms with Gasteiger partial charge in [-0.25, -0.2) is 0 Å². The Kier molecular flexibility index (Phi) is 1.65. The average Bonchev–Trinajstić information content (AvgIpc) is 2.59. The summed E-state index contributed by atoms with van der Waals surface area (Å²) < 4.78 is 10.6. The number of hydrogen-bond donors (Lipinski definition) is 0. The lowest BCUT2D eigenvalue weighted by Crippen LogP contribution is -2.28. The summed E-state index contributed by atoms with van der Waals surface area (Å²) in [4.78, 5) is 10.6. The smallest absolute Gasteiger partial charge is 0.302 e. The van der Waals surface area contributed by atoms with Crippen LogP contribution in [0.3, 0.4) is 0 Å². The van der Waals surface area contributed by atoms with Crippen LogP contribution < -0.4 is 0 Å². The molecule has 0 unspecified atom stereocenters. The van der Waals surface area contributed by atoms with E-state index in [4.69, 9.17) is 9.47 Å². The highest BCUT2D eigenvalue weighted by atomic mass is 16.6. The fourth-order valence-corrected chi connectivity index (χ4v) is 1.95. The summed E-state index contributed by atoms with van der Waals surface area (Å²) in [7, 11) is 0. The first-order chi connectivity index (χ1) is 5.60. The van der Waals surface area contributed by atoms with Gasteiger partial charge >= 0.3 is 5.97 Å². The Morgan fingerprint density at radius 1 is 1.67 bits per heavy atom. The lowest BCUT2D eigenvalue weighted by atomic mass is 9.89. The Balaban J connectivity index is 1.85. The molecule has 0 N–H and O–H groups in total. The molecule has 1 saturated heterocycles. The zero-order chi connectivity index (χ0) is 8.77. The molecule has 2 rings (SSSR count). The Bertz CT molecular complexity index is 214. The third kappa shape index (κ3) is 1.33. The van der Waals surface area contributed by atoms with Crippen molar-refractivity contribution in [3.05, 3.63) is 0 Å². The van der Waals surface area contributed by atoms with E-state index in [9.17, 15) is 4.79 Å². The molecule has 12 heavy (non-hydrogen) atoms. The highest BCUT2D eigenvalue weighted by molar-refractivity contribution is 5.66. The monoisotopic (exact) mass is 170 g/mol. The maximum atomic E-state index is 10.6. The van der Waals surface area contributed by atoms with E-state index >= 15 is 0 Å². The number of fused-ring (bicyclic) bond motifs is 1. The second kappa shape index (κ2) is 2.46. The van der Waals surface area contributed by atoms with E-state index in [0.717, 1.165) is 19.3 Å². The van der Waals surface area contributed by atoms with Gasteiger partial charge in [0.25, 0.3) is 0 Å². The van der Waals surface area contributed by atoms with Crippen LogP contribution in [0.25, 0.3) is 0 Å². The van der Waals surface area contributed by atoms with E-state index in [2.05, 4.69) is 6.92 Å². The fourth-order valence-electron chi connectivity index (χ4n) is 1.95. The number of esters is 1. The summed E-state index contributed by atoms with van der Waals surface area (Å²) in [6.07, 6.45) is 3.30. The fraction of sp³-hybridized carbons (Fsp3) is 0.889. The summed E-state index contributed by atoms with van der Waals surface area (Å²) in [6.45, 7) is 3.59. The maximum absolute atomic E-state index is 10.6. The Hall–Kier alpha value is -0.570. The molecule has 0 amide bonds. The molecule has 0 aromatic carbocycles. The lowest BCUT2D eigenvalue weighted by Gasteiger charge is -2.21. The Labute approximate surface area is 72.0 Å². The first-order valence-corrected chi connectivity index (χ1v) is 4.45. The SMILES string of the molecule is CC(=O)O[C@@H]1CC[C@]2(C)O[C@@H]2C1. The van der Waals surface area contributed by atoms with Crippen LogP contribution in [0.2, 0.25) is 0 Å². The molecule has 1 aliphatic heterocycles. The third-order valence-corrected chi connectivity index (χ3v) is 2.81. The van der Waals surface area contributed by atoms with Gasteiger partial charge in [-0.2, -0.15) is 0 Å². The highest BCUT2D eigenvalue weighted by Crippen LogP contribution is 2.47. The summed E-state index contributed by atoms with van der Waals surface area (Å²) in [6, 6.07) is 0. The van der Waals surface area contributed by atoms with E-state index in [1.165, 1.54) is 6.92 Å². The van der Waals surface area contributed by atoms with Crippen molar-refractivity contribution in [2.75, 3.05) is 0 Å². The summed E-state index contributed by atoms with van der Waals surface area (Å²) >= 11 is 0. The van der Waals surface area contributed by atoms with E-state index in [1.54, 1.807) is 0 Å². The molecule has 1 aliphatic carbocycles. The number of ether oxygens (including phenoxy) is 2. The van der Waals surface area contributed by atoms with Crippen LogP contribution in [0.15, 0.2) is 0 Å². The van der Waals surface area contributed by atoms with Crippen molar-refractivity contribution in [2.45, 2.75) is 50.9 Å². The van der Waals surface area contributed by atoms with Crippen molar-refractivity contribution < 1.29 is 14.3 Å². The van der Waals surface area contributed by atoms with Crippen molar-refractivity contribution in [2.24, 2.45) is 0 Å². The number of epoxide rings is 1. The second-order valence-corrected chi connectivity index (χ2v) is 3.92. The molecule has 0 aromatic rings. The van der Waals surface area contributed by atoms with Gasteiger partial charge in [-0.05, 0) is 19.8 Å². The minimum atomic E-state index is -0.177. The van der Waals surface area contributed by atoms with Crippen LogP contribution in [0.1, 0.15) is 33.1 Å². The first kappa shape index (κ1) is 8.05. The van der Waals surface area contributed by atoms with E-state index in [-0.39, 0.29) is 17.7 Å². The molecule has 2 aliphatic rings. The molecule has 0 aromatic heterocycles. The van der Waals surface area contributed by atoms with Crippen molar-refractivity contribution >= 4 is 5.97 Å². The standard InChI is InChI=1S/C9H14O3/c1-6(10)11-7-3-4-9(2)8(5-7)12-9/h7-8H,3-5H2,1-2H3/t7-,8-,9+/m1/s1. The normalized spacial score (nSPS) is 44.8. The molecule has 0 bridgehead atoms. The van der Waals surface area contributed by atoms with Crippen LogP contribution in [0.5, 0.6) is 0 Å². The summed E-state index contributed by atoms with van der Waals surface area (Å²) in [5, 5.41) is 0. The molecule has 2 fully saturated rings.